The van der Waals surface area contributed by atoms with Crippen LogP contribution >= 0.6 is 11.8 Å². The van der Waals surface area contributed by atoms with Crippen LogP contribution in [0.4, 0.5) is 0 Å². The SMILES string of the molecule is O=C(NC1C(=O)N=C2SCCN2C1=O)c1ccccc1. The molecule has 2 heterocycles. The van der Waals surface area contributed by atoms with Crippen LogP contribution < -0.4 is 5.32 Å². The lowest BCUT2D eigenvalue weighted by molar-refractivity contribution is -0.135. The third-order valence-corrected chi connectivity index (χ3v) is 4.01. The minimum Gasteiger partial charge on any atom is -0.332 e. The maximum atomic E-state index is 12.2. The van der Waals surface area contributed by atoms with Crippen molar-refractivity contribution in [2.24, 2.45) is 4.99 Å². The van der Waals surface area contributed by atoms with Crippen molar-refractivity contribution in [2.75, 3.05) is 12.3 Å². The smallest absolute Gasteiger partial charge is 0.280 e. The Balaban J connectivity index is 1.79. The molecular formula is C13H11N3O3S. The van der Waals surface area contributed by atoms with E-state index in [4.69, 9.17) is 0 Å². The Hall–Kier alpha value is -2.15. The van der Waals surface area contributed by atoms with E-state index in [0.717, 1.165) is 5.75 Å². The Kier molecular flexibility index (Phi) is 3.27. The predicted octanol–water partition coefficient (Wildman–Crippen LogP) is 0.257. The summed E-state index contributed by atoms with van der Waals surface area (Å²) in [6, 6.07) is 7.23. The molecule has 1 N–H and O–H groups in total. The van der Waals surface area contributed by atoms with Gasteiger partial charge >= 0.3 is 0 Å². The van der Waals surface area contributed by atoms with Gasteiger partial charge in [0.25, 0.3) is 17.7 Å². The molecule has 1 aromatic carbocycles. The summed E-state index contributed by atoms with van der Waals surface area (Å²) in [7, 11) is 0. The normalized spacial score (nSPS) is 21.5. The van der Waals surface area contributed by atoms with Crippen molar-refractivity contribution in [3.05, 3.63) is 35.9 Å². The molecule has 1 aromatic rings. The molecule has 0 bridgehead atoms. The monoisotopic (exact) mass is 289 g/mol. The van der Waals surface area contributed by atoms with Crippen molar-refractivity contribution in [1.82, 2.24) is 10.2 Å². The molecule has 0 aromatic heterocycles. The summed E-state index contributed by atoms with van der Waals surface area (Å²) in [6.07, 6.45) is 0. The molecule has 2 aliphatic rings. The molecule has 3 rings (SSSR count). The Morgan fingerprint density at radius 2 is 2.05 bits per heavy atom. The van der Waals surface area contributed by atoms with Gasteiger partial charge in [0, 0.05) is 17.9 Å². The molecule has 6 nitrogen and oxygen atoms in total. The summed E-state index contributed by atoms with van der Waals surface area (Å²) < 4.78 is 0. The molecule has 1 atom stereocenters. The largest absolute Gasteiger partial charge is 0.332 e. The minimum atomic E-state index is -1.22. The first-order chi connectivity index (χ1) is 9.66. The van der Waals surface area contributed by atoms with Crippen LogP contribution in [0.15, 0.2) is 35.3 Å². The number of amides is 3. The second-order valence-corrected chi connectivity index (χ2v) is 5.41. The number of hydrogen-bond acceptors (Lipinski definition) is 4. The number of nitrogens with zero attached hydrogens (tertiary/aromatic N) is 2. The zero-order valence-corrected chi connectivity index (χ0v) is 11.2. The quantitative estimate of drug-likeness (QED) is 0.792. The van der Waals surface area contributed by atoms with E-state index in [1.54, 1.807) is 30.3 Å². The molecular weight excluding hydrogens is 278 g/mol. The summed E-state index contributed by atoms with van der Waals surface area (Å²) in [5.41, 5.74) is 0.402. The lowest BCUT2D eigenvalue weighted by Crippen LogP contribution is -2.55. The standard InChI is InChI=1S/C13H11N3O3S/c17-10(8-4-2-1-3-5-8)14-9-11(18)15-13-16(12(9)19)6-7-20-13/h1-5,9H,6-7H2,(H,14,17). The van der Waals surface area contributed by atoms with Crippen molar-refractivity contribution in [3.8, 4) is 0 Å². The second-order valence-electron chi connectivity index (χ2n) is 4.34. The van der Waals surface area contributed by atoms with E-state index < -0.39 is 23.8 Å². The van der Waals surface area contributed by atoms with Crippen molar-refractivity contribution < 1.29 is 14.4 Å². The maximum Gasteiger partial charge on any atom is 0.280 e. The fourth-order valence-electron chi connectivity index (χ4n) is 2.05. The number of nitrogens with one attached hydrogen (secondary N) is 1. The summed E-state index contributed by atoms with van der Waals surface area (Å²) in [5.74, 6) is -0.756. The Morgan fingerprint density at radius 3 is 2.80 bits per heavy atom. The van der Waals surface area contributed by atoms with Crippen LogP contribution in [0.2, 0.25) is 0 Å². The number of rotatable bonds is 2. The van der Waals surface area contributed by atoms with Crippen molar-refractivity contribution in [3.63, 3.8) is 0 Å². The van der Waals surface area contributed by atoms with Crippen LogP contribution in [0.3, 0.4) is 0 Å². The number of carbonyl (C=O) groups excluding carboxylic acids is 3. The molecule has 7 heteroatoms. The molecule has 20 heavy (non-hydrogen) atoms. The molecule has 0 saturated carbocycles. The van der Waals surface area contributed by atoms with Crippen LogP contribution in [0, 0.1) is 0 Å². The maximum absolute atomic E-state index is 12.2. The highest BCUT2D eigenvalue weighted by molar-refractivity contribution is 8.14. The van der Waals surface area contributed by atoms with Crippen LogP contribution in [0.5, 0.6) is 0 Å². The van der Waals surface area contributed by atoms with Gasteiger partial charge in [0.05, 0.1) is 0 Å². The first-order valence-corrected chi connectivity index (χ1v) is 7.08. The molecule has 0 spiro atoms. The number of carbonyl (C=O) groups is 3. The topological polar surface area (TPSA) is 78.8 Å². The third-order valence-electron chi connectivity index (χ3n) is 3.05. The Bertz CT molecular complexity index is 615. The molecule has 3 amide bonds. The van der Waals surface area contributed by atoms with Crippen LogP contribution in [-0.4, -0.2) is 46.1 Å². The summed E-state index contributed by atoms with van der Waals surface area (Å²) in [6.45, 7) is 0.521. The van der Waals surface area contributed by atoms with E-state index in [0.29, 0.717) is 17.3 Å². The molecule has 102 valence electrons. The summed E-state index contributed by atoms with van der Waals surface area (Å²) >= 11 is 1.37. The Morgan fingerprint density at radius 1 is 1.30 bits per heavy atom. The average molecular weight is 289 g/mol. The number of benzene rings is 1. The average Bonchev–Trinajstić information content (AvgIpc) is 2.92. The predicted molar refractivity (Wildman–Crippen MR) is 74.3 cm³/mol. The third kappa shape index (κ3) is 2.20. The van der Waals surface area contributed by atoms with Crippen molar-refractivity contribution in [2.45, 2.75) is 6.04 Å². The number of fused-ring (bicyclic) bond motifs is 1. The zero-order chi connectivity index (χ0) is 14.1. The highest BCUT2D eigenvalue weighted by Crippen LogP contribution is 2.22. The van der Waals surface area contributed by atoms with E-state index in [-0.39, 0.29) is 0 Å². The van der Waals surface area contributed by atoms with E-state index in [1.165, 1.54) is 16.7 Å². The van der Waals surface area contributed by atoms with Gasteiger partial charge in [0.15, 0.2) is 11.2 Å². The van der Waals surface area contributed by atoms with Crippen molar-refractivity contribution >= 4 is 34.7 Å². The fraction of sp³-hybridized carbons (Fsp3) is 0.231. The van der Waals surface area contributed by atoms with Crippen molar-refractivity contribution in [1.29, 1.82) is 0 Å². The van der Waals surface area contributed by atoms with E-state index in [9.17, 15) is 14.4 Å². The number of hydrogen-bond donors (Lipinski definition) is 1. The summed E-state index contributed by atoms with van der Waals surface area (Å²) in [5, 5.41) is 2.89. The lowest BCUT2D eigenvalue weighted by Gasteiger charge is -2.25. The van der Waals surface area contributed by atoms with Gasteiger partial charge in [-0.2, -0.15) is 4.99 Å². The molecule has 0 radical (unpaired) electrons. The van der Waals surface area contributed by atoms with E-state index in [2.05, 4.69) is 10.3 Å². The lowest BCUT2D eigenvalue weighted by atomic mass is 10.1. The molecule has 1 saturated heterocycles. The van der Waals surface area contributed by atoms with E-state index >= 15 is 0 Å². The van der Waals surface area contributed by atoms with Crippen LogP contribution in [0.1, 0.15) is 10.4 Å². The van der Waals surface area contributed by atoms with Crippen LogP contribution in [0.25, 0.3) is 0 Å². The molecule has 1 fully saturated rings. The second kappa shape index (κ2) is 5.09. The first kappa shape index (κ1) is 12.9. The van der Waals surface area contributed by atoms with Gasteiger partial charge < -0.3 is 5.32 Å². The van der Waals surface area contributed by atoms with Gasteiger partial charge in [-0.3, -0.25) is 19.3 Å². The van der Waals surface area contributed by atoms with Gasteiger partial charge in [-0.05, 0) is 12.1 Å². The highest BCUT2D eigenvalue weighted by atomic mass is 32.2. The van der Waals surface area contributed by atoms with Gasteiger partial charge in [0.2, 0.25) is 0 Å². The van der Waals surface area contributed by atoms with E-state index in [1.807, 2.05) is 0 Å². The van der Waals surface area contributed by atoms with Gasteiger partial charge in [0.1, 0.15) is 0 Å². The highest BCUT2D eigenvalue weighted by Gasteiger charge is 2.41. The first-order valence-electron chi connectivity index (χ1n) is 6.09. The van der Waals surface area contributed by atoms with Gasteiger partial charge in [-0.25, -0.2) is 0 Å². The number of aliphatic imine (C=N–C) groups is 1. The van der Waals surface area contributed by atoms with Gasteiger partial charge in [-0.15, -0.1) is 0 Å². The number of amidine groups is 1. The Labute approximate surface area is 119 Å². The fourth-order valence-corrected chi connectivity index (χ4v) is 2.99. The molecule has 0 aliphatic carbocycles. The van der Waals surface area contributed by atoms with Crippen LogP contribution in [-0.2, 0) is 9.59 Å². The number of thioether (sulfide) groups is 1. The van der Waals surface area contributed by atoms with Gasteiger partial charge in [-0.1, -0.05) is 30.0 Å². The molecule has 2 aliphatic heterocycles. The zero-order valence-electron chi connectivity index (χ0n) is 10.4. The summed E-state index contributed by atoms with van der Waals surface area (Å²) in [4.78, 5) is 41.3. The minimum absolute atomic E-state index is 0.402. The molecule has 1 unspecified atom stereocenters.